The van der Waals surface area contributed by atoms with E-state index in [0.717, 1.165) is 17.8 Å². The molecule has 0 aliphatic carbocycles. The zero-order valence-corrected chi connectivity index (χ0v) is 9.01. The molecule has 4 nitrogen and oxygen atoms in total. The highest BCUT2D eigenvalue weighted by atomic mass is 16.7. The number of aromatic nitrogens is 2. The maximum Gasteiger partial charge on any atom is 0.294 e. The molecule has 1 aliphatic rings. The van der Waals surface area contributed by atoms with Gasteiger partial charge in [-0.3, -0.25) is 4.79 Å². The lowest BCUT2D eigenvalue weighted by molar-refractivity contribution is 0.0612. The van der Waals surface area contributed by atoms with Crippen LogP contribution >= 0.6 is 0 Å². The minimum atomic E-state index is -0.104. The van der Waals surface area contributed by atoms with E-state index in [2.05, 4.69) is 11.9 Å². The van der Waals surface area contributed by atoms with Crippen molar-refractivity contribution in [2.75, 3.05) is 6.61 Å². The molecule has 16 heavy (non-hydrogen) atoms. The lowest BCUT2D eigenvalue weighted by Crippen LogP contribution is -2.36. The van der Waals surface area contributed by atoms with Crippen LogP contribution in [0.3, 0.4) is 0 Å². The number of hydrogen-bond donors (Lipinski definition) is 0. The molecule has 1 unspecified atom stereocenters. The summed E-state index contributed by atoms with van der Waals surface area (Å²) in [6.45, 7) is 2.64. The number of fused-ring (bicyclic) bond motifs is 2. The fourth-order valence-corrected chi connectivity index (χ4v) is 2.02. The van der Waals surface area contributed by atoms with Gasteiger partial charge >= 0.3 is 0 Å². The molecule has 0 fully saturated rings. The van der Waals surface area contributed by atoms with E-state index in [0.29, 0.717) is 12.0 Å². The number of rotatable bonds is 0. The molecule has 2 heterocycles. The van der Waals surface area contributed by atoms with Gasteiger partial charge in [-0.1, -0.05) is 19.1 Å². The Morgan fingerprint density at radius 2 is 2.25 bits per heavy atom. The second-order valence-corrected chi connectivity index (χ2v) is 4.11. The van der Waals surface area contributed by atoms with Crippen molar-refractivity contribution in [2.45, 2.75) is 19.3 Å². The molecule has 1 aliphatic heterocycles. The maximum absolute atomic E-state index is 12.1. The van der Waals surface area contributed by atoms with Crippen LogP contribution in [0.4, 0.5) is 0 Å². The summed E-state index contributed by atoms with van der Waals surface area (Å²) in [4.78, 5) is 22.0. The molecule has 1 atom stereocenters. The minimum Gasteiger partial charge on any atom is -0.409 e. The highest BCUT2D eigenvalue weighted by molar-refractivity contribution is 5.77. The Morgan fingerprint density at radius 1 is 1.44 bits per heavy atom. The van der Waals surface area contributed by atoms with Crippen molar-refractivity contribution < 1.29 is 4.84 Å². The first-order valence-corrected chi connectivity index (χ1v) is 5.42. The van der Waals surface area contributed by atoms with Crippen LogP contribution in [-0.2, 0) is 0 Å². The van der Waals surface area contributed by atoms with Gasteiger partial charge < -0.3 is 4.84 Å². The van der Waals surface area contributed by atoms with E-state index in [1.165, 1.54) is 4.73 Å². The van der Waals surface area contributed by atoms with E-state index >= 15 is 0 Å². The Hall–Kier alpha value is -1.84. The molecule has 0 N–H and O–H groups in total. The number of benzene rings is 1. The molecule has 0 amide bonds. The van der Waals surface area contributed by atoms with E-state index in [1.807, 2.05) is 18.2 Å². The number of nitrogens with zero attached hydrogens (tertiary/aromatic N) is 2. The second kappa shape index (κ2) is 3.33. The zero-order chi connectivity index (χ0) is 11.1. The molecule has 4 heteroatoms. The summed E-state index contributed by atoms with van der Waals surface area (Å²) < 4.78 is 1.34. The van der Waals surface area contributed by atoms with Crippen LogP contribution < -0.4 is 10.4 Å². The topological polar surface area (TPSA) is 44.1 Å². The van der Waals surface area contributed by atoms with Gasteiger partial charge in [-0.15, -0.1) is 4.73 Å². The van der Waals surface area contributed by atoms with Gasteiger partial charge in [0.05, 0.1) is 10.9 Å². The average molecular weight is 216 g/mol. The van der Waals surface area contributed by atoms with Crippen LogP contribution in [0.5, 0.6) is 0 Å². The fraction of sp³-hybridized carbons (Fsp3) is 0.333. The Balaban J connectivity index is 2.41. The van der Waals surface area contributed by atoms with Gasteiger partial charge in [0.2, 0.25) is 0 Å². The Kier molecular flexibility index (Phi) is 1.96. The van der Waals surface area contributed by atoms with Crippen molar-refractivity contribution >= 4 is 10.9 Å². The smallest absolute Gasteiger partial charge is 0.294 e. The van der Waals surface area contributed by atoms with Crippen molar-refractivity contribution in [1.29, 1.82) is 0 Å². The largest absolute Gasteiger partial charge is 0.409 e. The molecule has 1 aromatic carbocycles. The molecule has 3 rings (SSSR count). The van der Waals surface area contributed by atoms with Gasteiger partial charge in [0.25, 0.3) is 5.56 Å². The van der Waals surface area contributed by atoms with Gasteiger partial charge in [-0.2, -0.15) is 0 Å². The summed E-state index contributed by atoms with van der Waals surface area (Å²) in [6, 6.07) is 7.37. The van der Waals surface area contributed by atoms with Crippen molar-refractivity contribution in [3.63, 3.8) is 0 Å². The third kappa shape index (κ3) is 1.23. The monoisotopic (exact) mass is 216 g/mol. The summed E-state index contributed by atoms with van der Waals surface area (Å²) in [5.74, 6) is 1.00. The van der Waals surface area contributed by atoms with E-state index in [9.17, 15) is 4.79 Å². The predicted octanol–water partition coefficient (Wildman–Crippen LogP) is 1.33. The van der Waals surface area contributed by atoms with Gasteiger partial charge in [-0.05, 0) is 18.6 Å². The van der Waals surface area contributed by atoms with Crippen molar-refractivity contribution in [1.82, 2.24) is 9.71 Å². The molecule has 1 aromatic heterocycles. The Labute approximate surface area is 92.4 Å². The van der Waals surface area contributed by atoms with Crippen molar-refractivity contribution in [3.05, 3.63) is 40.4 Å². The van der Waals surface area contributed by atoms with Crippen molar-refractivity contribution in [3.8, 4) is 0 Å². The standard InChI is InChI=1S/C12H12N2O2/c1-8-6-7-16-14-11(8)13-10-5-3-2-4-9(10)12(14)15/h2-5,8H,6-7H2,1H3. The Bertz CT molecular complexity index is 603. The Morgan fingerprint density at radius 3 is 3.12 bits per heavy atom. The lowest BCUT2D eigenvalue weighted by atomic mass is 10.1. The SMILES string of the molecule is CC1CCOn2c1nc1ccccc1c2=O. The van der Waals surface area contributed by atoms with Crippen molar-refractivity contribution in [2.24, 2.45) is 0 Å². The van der Waals surface area contributed by atoms with E-state index in [1.54, 1.807) is 6.07 Å². The molecule has 0 saturated heterocycles. The summed E-state index contributed by atoms with van der Waals surface area (Å²) >= 11 is 0. The molecule has 0 bridgehead atoms. The summed E-state index contributed by atoms with van der Waals surface area (Å²) in [5.41, 5.74) is 0.642. The summed E-state index contributed by atoms with van der Waals surface area (Å²) in [5, 5.41) is 0.611. The third-order valence-corrected chi connectivity index (χ3v) is 2.97. The lowest BCUT2D eigenvalue weighted by Gasteiger charge is -2.23. The van der Waals surface area contributed by atoms with Crippen LogP contribution in [0, 0.1) is 0 Å². The molecular weight excluding hydrogens is 204 g/mol. The quantitative estimate of drug-likeness (QED) is 0.667. The normalized spacial score (nSPS) is 19.2. The van der Waals surface area contributed by atoms with Gasteiger partial charge in [0.1, 0.15) is 6.61 Å². The molecule has 82 valence electrons. The van der Waals surface area contributed by atoms with Gasteiger partial charge in [0.15, 0.2) is 5.82 Å². The number of para-hydroxylation sites is 1. The molecular formula is C12H12N2O2. The van der Waals surface area contributed by atoms with E-state index < -0.39 is 0 Å². The highest BCUT2D eigenvalue weighted by Gasteiger charge is 2.21. The first-order chi connectivity index (χ1) is 7.77. The molecule has 0 spiro atoms. The average Bonchev–Trinajstić information content (AvgIpc) is 2.31. The zero-order valence-electron chi connectivity index (χ0n) is 9.01. The highest BCUT2D eigenvalue weighted by Crippen LogP contribution is 2.20. The van der Waals surface area contributed by atoms with Gasteiger partial charge in [0, 0.05) is 5.92 Å². The van der Waals surface area contributed by atoms with Crippen LogP contribution in [0.25, 0.3) is 10.9 Å². The second-order valence-electron chi connectivity index (χ2n) is 4.11. The van der Waals surface area contributed by atoms with Crippen LogP contribution in [0.1, 0.15) is 25.1 Å². The van der Waals surface area contributed by atoms with Crippen LogP contribution in [0.15, 0.2) is 29.1 Å². The molecule has 2 aromatic rings. The van der Waals surface area contributed by atoms with Crippen LogP contribution in [-0.4, -0.2) is 16.3 Å². The van der Waals surface area contributed by atoms with Gasteiger partial charge in [-0.25, -0.2) is 4.98 Å². The van der Waals surface area contributed by atoms with E-state index in [4.69, 9.17) is 4.84 Å². The minimum absolute atomic E-state index is 0.104. The predicted molar refractivity (Wildman–Crippen MR) is 60.5 cm³/mol. The first kappa shape index (κ1) is 9.39. The summed E-state index contributed by atoms with van der Waals surface area (Å²) in [7, 11) is 0. The maximum atomic E-state index is 12.1. The fourth-order valence-electron chi connectivity index (χ4n) is 2.02. The van der Waals surface area contributed by atoms with E-state index in [-0.39, 0.29) is 11.5 Å². The number of hydrogen-bond acceptors (Lipinski definition) is 3. The van der Waals surface area contributed by atoms with Crippen LogP contribution in [0.2, 0.25) is 0 Å². The molecule has 0 radical (unpaired) electrons. The first-order valence-electron chi connectivity index (χ1n) is 5.42. The molecule has 0 saturated carbocycles. The summed E-state index contributed by atoms with van der Waals surface area (Å²) in [6.07, 6.45) is 0.908. The third-order valence-electron chi connectivity index (χ3n) is 2.97.